The molecule has 30 heavy (non-hydrogen) atoms. The summed E-state index contributed by atoms with van der Waals surface area (Å²) in [7, 11) is 1.74. The van der Waals surface area contributed by atoms with Gasteiger partial charge in [-0.1, -0.05) is 38.1 Å². The van der Waals surface area contributed by atoms with Gasteiger partial charge in [0, 0.05) is 19.3 Å². The molecule has 2 heterocycles. The Morgan fingerprint density at radius 1 is 1.17 bits per heavy atom. The fourth-order valence-corrected chi connectivity index (χ4v) is 3.39. The van der Waals surface area contributed by atoms with E-state index in [-0.39, 0.29) is 23.5 Å². The van der Waals surface area contributed by atoms with Crippen LogP contribution in [-0.2, 0) is 16.6 Å². The van der Waals surface area contributed by atoms with Gasteiger partial charge >= 0.3 is 6.03 Å². The molecule has 1 atom stereocenters. The molecular weight excluding hydrogens is 386 g/mol. The van der Waals surface area contributed by atoms with Crippen LogP contribution in [0.1, 0.15) is 25.5 Å². The molecule has 2 aromatic rings. The van der Waals surface area contributed by atoms with Gasteiger partial charge in [-0.2, -0.15) is 0 Å². The molecule has 0 saturated carbocycles. The number of para-hydroxylation sites is 1. The van der Waals surface area contributed by atoms with Crippen LogP contribution in [0.15, 0.2) is 47.4 Å². The molecule has 0 radical (unpaired) electrons. The number of amides is 4. The van der Waals surface area contributed by atoms with Crippen LogP contribution in [0.5, 0.6) is 0 Å². The van der Waals surface area contributed by atoms with Crippen molar-refractivity contribution in [1.82, 2.24) is 19.6 Å². The number of carbonyl (C=O) groups is 3. The van der Waals surface area contributed by atoms with Gasteiger partial charge in [0.15, 0.2) is 5.92 Å². The zero-order valence-corrected chi connectivity index (χ0v) is 17.3. The Bertz CT molecular complexity index is 1070. The predicted molar refractivity (Wildman–Crippen MR) is 112 cm³/mol. The maximum absolute atomic E-state index is 13.0. The van der Waals surface area contributed by atoms with Crippen molar-refractivity contribution in [3.8, 4) is 5.69 Å². The minimum atomic E-state index is -1.30. The first-order valence-corrected chi connectivity index (χ1v) is 9.74. The topological polar surface area (TPSA) is 105 Å². The first-order chi connectivity index (χ1) is 14.3. The van der Waals surface area contributed by atoms with Crippen molar-refractivity contribution in [1.29, 1.82) is 0 Å². The van der Waals surface area contributed by atoms with Crippen molar-refractivity contribution in [2.75, 3.05) is 11.9 Å². The Hall–Kier alpha value is -3.62. The third kappa shape index (κ3) is 3.66. The summed E-state index contributed by atoms with van der Waals surface area (Å²) >= 11 is 0. The molecule has 9 heteroatoms. The van der Waals surface area contributed by atoms with Gasteiger partial charge in [0.1, 0.15) is 5.69 Å². The molecule has 1 aliphatic heterocycles. The van der Waals surface area contributed by atoms with E-state index in [0.29, 0.717) is 17.8 Å². The molecule has 4 amide bonds. The van der Waals surface area contributed by atoms with Crippen LogP contribution in [0.3, 0.4) is 0 Å². The summed E-state index contributed by atoms with van der Waals surface area (Å²) in [5.74, 6) is -2.71. The van der Waals surface area contributed by atoms with E-state index in [1.54, 1.807) is 30.8 Å². The van der Waals surface area contributed by atoms with Crippen LogP contribution in [0, 0.1) is 12.8 Å². The van der Waals surface area contributed by atoms with Crippen molar-refractivity contribution >= 4 is 23.5 Å². The molecule has 9 nitrogen and oxygen atoms in total. The lowest BCUT2D eigenvalue weighted by molar-refractivity contribution is -0.140. The number of aromatic nitrogens is 2. The van der Waals surface area contributed by atoms with E-state index in [0.717, 1.165) is 11.3 Å². The molecule has 3 rings (SSSR count). The number of urea groups is 1. The first-order valence-electron chi connectivity index (χ1n) is 9.74. The Labute approximate surface area is 173 Å². The summed E-state index contributed by atoms with van der Waals surface area (Å²) in [6, 6.07) is 8.37. The number of imide groups is 2. The van der Waals surface area contributed by atoms with Crippen LogP contribution < -0.4 is 16.2 Å². The summed E-state index contributed by atoms with van der Waals surface area (Å²) in [4.78, 5) is 51.2. The number of anilines is 1. The summed E-state index contributed by atoms with van der Waals surface area (Å²) < 4.78 is 3.15. The normalized spacial score (nSPS) is 16.6. The lowest BCUT2D eigenvalue weighted by Crippen LogP contribution is -2.58. The van der Waals surface area contributed by atoms with Gasteiger partial charge in [0.05, 0.1) is 11.4 Å². The molecule has 0 bridgehead atoms. The maximum atomic E-state index is 13.0. The summed E-state index contributed by atoms with van der Waals surface area (Å²) in [6.07, 6.45) is 1.41. The van der Waals surface area contributed by atoms with Crippen molar-refractivity contribution in [2.24, 2.45) is 13.0 Å². The Balaban J connectivity index is 1.90. The SMILES string of the molecule is C=C(Nc1c(C)n(C)n(-c2ccccc2)c1=O)[C@@H]1C(=O)NC(=O)N(CCCC)C1=O. The van der Waals surface area contributed by atoms with E-state index < -0.39 is 23.8 Å². The molecule has 158 valence electrons. The van der Waals surface area contributed by atoms with Gasteiger partial charge in [-0.15, -0.1) is 0 Å². The van der Waals surface area contributed by atoms with Crippen LogP contribution >= 0.6 is 0 Å². The highest BCUT2D eigenvalue weighted by atomic mass is 16.2. The van der Waals surface area contributed by atoms with Crippen molar-refractivity contribution in [3.05, 3.63) is 58.7 Å². The average Bonchev–Trinajstić information content (AvgIpc) is 2.91. The number of barbiturate groups is 1. The summed E-state index contributed by atoms with van der Waals surface area (Å²) in [6.45, 7) is 7.71. The van der Waals surface area contributed by atoms with E-state index in [2.05, 4.69) is 17.2 Å². The number of nitrogens with one attached hydrogen (secondary N) is 2. The summed E-state index contributed by atoms with van der Waals surface area (Å²) in [5.41, 5.74) is 1.19. The number of hydrogen-bond acceptors (Lipinski definition) is 5. The highest BCUT2D eigenvalue weighted by molar-refractivity contribution is 6.17. The number of hydrogen-bond donors (Lipinski definition) is 2. The fourth-order valence-electron chi connectivity index (χ4n) is 3.39. The van der Waals surface area contributed by atoms with Gasteiger partial charge in [-0.25, -0.2) is 9.48 Å². The quantitative estimate of drug-likeness (QED) is 0.677. The lowest BCUT2D eigenvalue weighted by Gasteiger charge is -2.31. The van der Waals surface area contributed by atoms with E-state index in [9.17, 15) is 19.2 Å². The summed E-state index contributed by atoms with van der Waals surface area (Å²) in [5, 5.41) is 5.06. The van der Waals surface area contributed by atoms with Crippen LogP contribution in [0.4, 0.5) is 10.5 Å². The minimum absolute atomic E-state index is 0.0394. The van der Waals surface area contributed by atoms with Gasteiger partial charge in [0.2, 0.25) is 11.8 Å². The second-order valence-corrected chi connectivity index (χ2v) is 7.16. The van der Waals surface area contributed by atoms with Crippen LogP contribution in [-0.4, -0.2) is 38.7 Å². The second-order valence-electron chi connectivity index (χ2n) is 7.16. The van der Waals surface area contributed by atoms with E-state index in [4.69, 9.17) is 0 Å². The number of carbonyl (C=O) groups excluding carboxylic acids is 3. The first kappa shape index (κ1) is 21.1. The van der Waals surface area contributed by atoms with Crippen molar-refractivity contribution < 1.29 is 14.4 Å². The average molecular weight is 411 g/mol. The Morgan fingerprint density at radius 2 is 1.83 bits per heavy atom. The third-order valence-corrected chi connectivity index (χ3v) is 5.17. The molecule has 1 fully saturated rings. The highest BCUT2D eigenvalue weighted by Crippen LogP contribution is 2.22. The van der Waals surface area contributed by atoms with E-state index in [1.807, 2.05) is 25.1 Å². The minimum Gasteiger partial charge on any atom is -0.352 e. The van der Waals surface area contributed by atoms with Gasteiger partial charge in [-0.3, -0.25) is 29.3 Å². The largest absolute Gasteiger partial charge is 0.352 e. The molecule has 1 saturated heterocycles. The van der Waals surface area contributed by atoms with Crippen LogP contribution in [0.25, 0.3) is 5.69 Å². The maximum Gasteiger partial charge on any atom is 0.330 e. The monoisotopic (exact) mass is 411 g/mol. The van der Waals surface area contributed by atoms with E-state index in [1.165, 1.54) is 4.68 Å². The predicted octanol–water partition coefficient (Wildman–Crippen LogP) is 1.90. The molecule has 1 aliphatic rings. The van der Waals surface area contributed by atoms with Gasteiger partial charge in [-0.05, 0) is 25.5 Å². The number of nitrogens with zero attached hydrogens (tertiary/aromatic N) is 3. The van der Waals surface area contributed by atoms with Gasteiger partial charge < -0.3 is 5.32 Å². The van der Waals surface area contributed by atoms with Crippen molar-refractivity contribution in [3.63, 3.8) is 0 Å². The molecular formula is C21H25N5O4. The van der Waals surface area contributed by atoms with Crippen LogP contribution in [0.2, 0.25) is 0 Å². The van der Waals surface area contributed by atoms with Gasteiger partial charge in [0.25, 0.3) is 5.56 Å². The molecule has 2 N–H and O–H groups in total. The Morgan fingerprint density at radius 3 is 2.47 bits per heavy atom. The van der Waals surface area contributed by atoms with Crippen molar-refractivity contribution in [2.45, 2.75) is 26.7 Å². The molecule has 0 aliphatic carbocycles. The fraction of sp³-hybridized carbons (Fsp3) is 0.333. The number of rotatable bonds is 7. The highest BCUT2D eigenvalue weighted by Gasteiger charge is 2.42. The smallest absolute Gasteiger partial charge is 0.330 e. The Kier molecular flexibility index (Phi) is 5.91. The third-order valence-electron chi connectivity index (χ3n) is 5.17. The zero-order valence-electron chi connectivity index (χ0n) is 17.3. The van der Waals surface area contributed by atoms with E-state index >= 15 is 0 Å². The second kappa shape index (κ2) is 8.40. The molecule has 1 aromatic carbocycles. The molecule has 1 aromatic heterocycles. The molecule has 0 spiro atoms. The standard InChI is InChI=1S/C21H25N5O4/c1-5-6-12-25-19(28)16(18(27)23-21(25)30)13(2)22-17-14(3)24(4)26(20(17)29)15-10-8-7-9-11-15/h7-11,16,22H,2,5-6,12H2,1,3-4H3,(H,23,27,30)/t16-/m1/s1. The lowest BCUT2D eigenvalue weighted by atomic mass is 10.0. The number of unbranched alkanes of at least 4 members (excludes halogenated alkanes) is 1. The number of benzene rings is 1. The zero-order chi connectivity index (χ0) is 22.0. The molecule has 0 unspecified atom stereocenters.